The van der Waals surface area contributed by atoms with Gasteiger partial charge in [-0.05, 0) is 67.6 Å². The van der Waals surface area contributed by atoms with Crippen LogP contribution in [0.15, 0.2) is 71.9 Å². The molecule has 10 aliphatic rings. The van der Waals surface area contributed by atoms with Crippen LogP contribution in [0.2, 0.25) is 0 Å². The Labute approximate surface area is 358 Å². The van der Waals surface area contributed by atoms with Gasteiger partial charge in [0, 0.05) is 11.8 Å². The smallest absolute Gasteiger partial charge is 0.332 e. The second-order valence-corrected chi connectivity index (χ2v) is 17.2. The second-order valence-electron chi connectivity index (χ2n) is 17.2. The Hall–Kier alpha value is -6.37. The molecule has 0 aromatic rings. The number of hydrogen-bond donors (Lipinski definition) is 8. The quantitative estimate of drug-likeness (QED) is 0.122. The van der Waals surface area contributed by atoms with E-state index in [2.05, 4.69) is 16.9 Å². The lowest BCUT2D eigenvalue weighted by Gasteiger charge is -2.21. The maximum Gasteiger partial charge on any atom is 0.332 e. The van der Waals surface area contributed by atoms with Crippen LogP contribution in [-0.4, -0.2) is 114 Å². The van der Waals surface area contributed by atoms with E-state index < -0.39 is 101 Å². The first-order valence-electron chi connectivity index (χ1n) is 20.5. The Morgan fingerprint density at radius 3 is 1.11 bits per heavy atom. The van der Waals surface area contributed by atoms with Crippen molar-refractivity contribution in [2.45, 2.75) is 44.3 Å². The Balaban J connectivity index is 0.000000131. The number of carboxylic acid groups (broad SMARTS) is 8. The van der Waals surface area contributed by atoms with Gasteiger partial charge < -0.3 is 50.3 Å². The Kier molecular flexibility index (Phi) is 13.6. The van der Waals surface area contributed by atoms with Gasteiger partial charge in [-0.3, -0.25) is 33.6 Å². The summed E-state index contributed by atoms with van der Waals surface area (Å²) in [5, 5.41) is 70.6. The minimum Gasteiger partial charge on any atom is -0.481 e. The molecule has 338 valence electrons. The zero-order valence-electron chi connectivity index (χ0n) is 33.7. The van der Waals surface area contributed by atoms with Gasteiger partial charge in [-0.2, -0.15) is 0 Å². The molecule has 10 rings (SSSR count). The standard InChI is InChI=1S/C10H12O4.C9H10O4.C9H8O4.C8H8O5.C8H10O2/c1-14-10(13)8-6-3-2-5(4-6)7(8)9(11)12;2*10-8(11)6-4-1-2-5(3-4)7(6)9(12)13;9-7(10)5-3-1-2-4(13-3)6(5)8(11)12;9-8(10)7-4-5-1-2-6(7)3-5/h2-3,5-8H,4H2,1H3,(H,11,12);1-2,4-7H,3H2,(H,10,11)(H,12,13);1-2,4-5H,3H2,(H,10,11)(H,12,13);1-6H,(H,9,10)(H,11,12);1-2,5-7H,3-4H2,(H,9,10). The Morgan fingerprint density at radius 1 is 0.429 bits per heavy atom. The number of carbonyl (C=O) groups is 9. The van der Waals surface area contributed by atoms with Gasteiger partial charge in [-0.25, -0.2) is 9.59 Å². The number of aliphatic carboxylic acids is 8. The minimum absolute atomic E-state index is 0.0154. The van der Waals surface area contributed by atoms with Gasteiger partial charge in [0.15, 0.2) is 0 Å². The van der Waals surface area contributed by atoms with E-state index in [0.717, 1.165) is 19.3 Å². The number of fused-ring (bicyclic) bond motifs is 10. The SMILES string of the molecule is COC(=O)C1C2C=CC(C2)C1C(=O)O.O=C(O)C1=C(C(=O)O)C2C=CC1C2.O=C(O)C1C2C=CC(C2)C1C(=O)O.O=C(O)C1C2C=CC(O2)C1C(=O)O.O=C(O)C1CC2C=CC1C2. The molecule has 0 amide bonds. The van der Waals surface area contributed by atoms with Crippen LogP contribution in [0, 0.1) is 88.8 Å². The molecule has 4 fully saturated rings. The summed E-state index contributed by atoms with van der Waals surface area (Å²) < 4.78 is 9.78. The zero-order valence-corrected chi connectivity index (χ0v) is 33.7. The first kappa shape index (κ1) is 46.1. The van der Waals surface area contributed by atoms with Crippen LogP contribution in [0.5, 0.6) is 0 Å². The molecule has 8 N–H and O–H groups in total. The van der Waals surface area contributed by atoms with Crippen molar-refractivity contribution < 1.29 is 93.5 Å². The van der Waals surface area contributed by atoms with Crippen LogP contribution < -0.4 is 0 Å². The highest BCUT2D eigenvalue weighted by Crippen LogP contribution is 2.50. The predicted molar refractivity (Wildman–Crippen MR) is 210 cm³/mol. The molecule has 10 bridgehead atoms. The molecule has 17 atom stereocenters. The summed E-state index contributed by atoms with van der Waals surface area (Å²) in [6.07, 6.45) is 21.4. The third kappa shape index (κ3) is 9.10. The highest BCUT2D eigenvalue weighted by molar-refractivity contribution is 6.01. The van der Waals surface area contributed by atoms with E-state index in [0.29, 0.717) is 24.7 Å². The summed E-state index contributed by atoms with van der Waals surface area (Å²) in [6, 6.07) is 0. The fourth-order valence-electron chi connectivity index (χ4n) is 11.1. The summed E-state index contributed by atoms with van der Waals surface area (Å²) >= 11 is 0. The molecule has 0 spiro atoms. The largest absolute Gasteiger partial charge is 0.481 e. The molecule has 8 aliphatic carbocycles. The average Bonchev–Trinajstić information content (AvgIpc) is 4.09. The summed E-state index contributed by atoms with van der Waals surface area (Å²) in [5.74, 6) is -12.2. The predicted octanol–water partition coefficient (Wildman–Crippen LogP) is 2.94. The fourth-order valence-corrected chi connectivity index (χ4v) is 11.1. The van der Waals surface area contributed by atoms with Gasteiger partial charge in [0.25, 0.3) is 0 Å². The third-order valence-electron chi connectivity index (χ3n) is 13.9. The Bertz CT molecular complexity index is 1970. The van der Waals surface area contributed by atoms with Crippen molar-refractivity contribution in [3.05, 3.63) is 71.9 Å². The van der Waals surface area contributed by atoms with E-state index in [1.165, 1.54) is 7.11 Å². The van der Waals surface area contributed by atoms with Crippen LogP contribution >= 0.6 is 0 Å². The molecular formula is C44H48O19. The van der Waals surface area contributed by atoms with E-state index in [9.17, 15) is 43.2 Å². The monoisotopic (exact) mass is 880 g/mol. The fraction of sp³-hybridized carbons (Fsp3) is 0.523. The number of esters is 1. The summed E-state index contributed by atoms with van der Waals surface area (Å²) in [4.78, 5) is 97.5. The van der Waals surface area contributed by atoms with Gasteiger partial charge in [0.05, 0.1) is 60.1 Å². The molecule has 19 heteroatoms. The number of carbonyl (C=O) groups excluding carboxylic acids is 1. The van der Waals surface area contributed by atoms with Gasteiger partial charge >= 0.3 is 53.7 Å². The molecule has 0 aromatic carbocycles. The third-order valence-corrected chi connectivity index (χ3v) is 13.9. The average molecular weight is 881 g/mol. The van der Waals surface area contributed by atoms with Crippen molar-refractivity contribution in [2.24, 2.45) is 88.8 Å². The molecule has 2 heterocycles. The van der Waals surface area contributed by atoms with Gasteiger partial charge in [0.1, 0.15) is 11.8 Å². The van der Waals surface area contributed by atoms with Gasteiger partial charge in [-0.1, -0.05) is 60.8 Å². The lowest BCUT2D eigenvalue weighted by molar-refractivity contribution is -0.156. The molecular weight excluding hydrogens is 832 g/mol. The zero-order chi connectivity index (χ0) is 46.2. The lowest BCUT2D eigenvalue weighted by Crippen LogP contribution is -2.36. The van der Waals surface area contributed by atoms with Crippen molar-refractivity contribution >= 4 is 53.7 Å². The van der Waals surface area contributed by atoms with Crippen LogP contribution in [-0.2, 0) is 52.6 Å². The number of ether oxygens (including phenoxy) is 2. The van der Waals surface area contributed by atoms with Crippen LogP contribution in [0.3, 0.4) is 0 Å². The molecule has 63 heavy (non-hydrogen) atoms. The summed E-state index contributed by atoms with van der Waals surface area (Å²) in [7, 11) is 1.30. The number of allylic oxidation sites excluding steroid dienone is 8. The van der Waals surface area contributed by atoms with Crippen molar-refractivity contribution in [1.29, 1.82) is 0 Å². The molecule has 0 radical (unpaired) electrons. The lowest BCUT2D eigenvalue weighted by atomic mass is 9.83. The van der Waals surface area contributed by atoms with Crippen molar-refractivity contribution in [3.8, 4) is 0 Å². The summed E-state index contributed by atoms with van der Waals surface area (Å²) in [5.41, 5.74) is 0.139. The topological polar surface area (TPSA) is 334 Å². The molecule has 2 aliphatic heterocycles. The molecule has 0 aromatic heterocycles. The van der Waals surface area contributed by atoms with E-state index >= 15 is 0 Å². The number of carboxylic acids is 8. The van der Waals surface area contributed by atoms with E-state index in [1.54, 1.807) is 24.3 Å². The van der Waals surface area contributed by atoms with Gasteiger partial charge in [0.2, 0.25) is 0 Å². The minimum atomic E-state index is -1.11. The molecule has 3 saturated carbocycles. The maximum absolute atomic E-state index is 11.4. The number of rotatable bonds is 9. The van der Waals surface area contributed by atoms with Crippen LogP contribution in [0.4, 0.5) is 0 Å². The molecule has 19 nitrogen and oxygen atoms in total. The number of hydrogen-bond acceptors (Lipinski definition) is 11. The second kappa shape index (κ2) is 18.5. The molecule has 1 saturated heterocycles. The van der Waals surface area contributed by atoms with Crippen LogP contribution in [0.25, 0.3) is 0 Å². The molecule has 17 unspecified atom stereocenters. The first-order valence-corrected chi connectivity index (χ1v) is 20.5. The highest BCUT2D eigenvalue weighted by Gasteiger charge is 2.55. The Morgan fingerprint density at radius 2 is 0.810 bits per heavy atom. The van der Waals surface area contributed by atoms with E-state index in [4.69, 9.17) is 45.6 Å². The van der Waals surface area contributed by atoms with Crippen molar-refractivity contribution in [1.82, 2.24) is 0 Å². The first-order chi connectivity index (χ1) is 29.7. The summed E-state index contributed by atoms with van der Waals surface area (Å²) in [6.45, 7) is 0. The number of methoxy groups -OCH3 is 1. The van der Waals surface area contributed by atoms with E-state index in [1.807, 2.05) is 24.3 Å². The normalized spacial score (nSPS) is 38.4. The maximum atomic E-state index is 11.4. The van der Waals surface area contributed by atoms with Crippen molar-refractivity contribution in [3.63, 3.8) is 0 Å². The van der Waals surface area contributed by atoms with E-state index in [-0.39, 0.29) is 52.6 Å². The van der Waals surface area contributed by atoms with Crippen molar-refractivity contribution in [2.75, 3.05) is 7.11 Å². The highest BCUT2D eigenvalue weighted by atomic mass is 16.5. The van der Waals surface area contributed by atoms with Crippen LogP contribution in [0.1, 0.15) is 32.1 Å². The van der Waals surface area contributed by atoms with Gasteiger partial charge in [-0.15, -0.1) is 0 Å².